The lowest BCUT2D eigenvalue weighted by atomic mass is 9.87. The van der Waals surface area contributed by atoms with Gasteiger partial charge in [0, 0.05) is 18.7 Å². The normalized spacial score (nSPS) is 34.3. The van der Waals surface area contributed by atoms with Gasteiger partial charge in [0.05, 0.1) is 17.5 Å². The maximum absolute atomic E-state index is 12.1. The second-order valence-corrected chi connectivity index (χ2v) is 9.77. The fourth-order valence-corrected chi connectivity index (χ4v) is 7.54. The van der Waals surface area contributed by atoms with Crippen LogP contribution in [0.15, 0.2) is 4.99 Å². The molecule has 0 aromatic heterocycles. The number of nitrogens with zero attached hydrogens (tertiary/aromatic N) is 2. The molecule has 3 rings (SSSR count). The van der Waals surface area contributed by atoms with E-state index in [2.05, 4.69) is 4.99 Å². The fourth-order valence-electron chi connectivity index (χ4n) is 3.53. The first kappa shape index (κ1) is 15.3. The summed E-state index contributed by atoms with van der Waals surface area (Å²) in [6.07, 6.45) is 6.57. The number of sulfone groups is 1. The summed E-state index contributed by atoms with van der Waals surface area (Å²) in [5.74, 6) is 0.853. The average molecular weight is 330 g/mol. The number of thioether (sulfide) groups is 1. The first-order valence-electron chi connectivity index (χ1n) is 7.66. The second kappa shape index (κ2) is 5.91. The molecule has 3 aliphatic rings. The van der Waals surface area contributed by atoms with E-state index in [0.717, 1.165) is 12.8 Å². The van der Waals surface area contributed by atoms with Crippen LogP contribution in [0.4, 0.5) is 0 Å². The van der Waals surface area contributed by atoms with Gasteiger partial charge in [-0.2, -0.15) is 4.99 Å². The molecule has 1 saturated carbocycles. The number of hydrogen-bond acceptors (Lipinski definition) is 4. The first-order valence-corrected chi connectivity index (χ1v) is 10.4. The number of rotatable bonds is 2. The van der Waals surface area contributed by atoms with Crippen molar-refractivity contribution in [2.75, 3.05) is 18.6 Å². The molecule has 2 heterocycles. The van der Waals surface area contributed by atoms with Gasteiger partial charge in [-0.1, -0.05) is 31.0 Å². The van der Waals surface area contributed by atoms with Gasteiger partial charge >= 0.3 is 0 Å². The minimum atomic E-state index is -2.92. The number of aliphatic imine (C=N–C) groups is 1. The summed E-state index contributed by atoms with van der Waals surface area (Å²) in [6, 6.07) is -0.0127. The number of carbonyl (C=O) groups excluding carboxylic acids is 1. The Bertz CT molecular complexity index is 553. The van der Waals surface area contributed by atoms with Crippen molar-refractivity contribution in [3.05, 3.63) is 0 Å². The topological polar surface area (TPSA) is 66.8 Å². The molecule has 0 aromatic rings. The highest BCUT2D eigenvalue weighted by molar-refractivity contribution is 8.15. The fraction of sp³-hybridized carbons (Fsp3) is 0.857. The molecule has 7 heteroatoms. The molecule has 1 aliphatic carbocycles. The summed E-state index contributed by atoms with van der Waals surface area (Å²) < 4.78 is 23.3. The number of fused-ring (bicyclic) bond motifs is 1. The van der Waals surface area contributed by atoms with Crippen molar-refractivity contribution in [3.8, 4) is 0 Å². The molecule has 0 spiro atoms. The van der Waals surface area contributed by atoms with Gasteiger partial charge in [0.1, 0.15) is 0 Å². The van der Waals surface area contributed by atoms with Gasteiger partial charge in [0.25, 0.3) is 0 Å². The molecular weight excluding hydrogens is 308 g/mol. The maximum atomic E-state index is 12.1. The predicted molar refractivity (Wildman–Crippen MR) is 85.2 cm³/mol. The molecule has 2 aliphatic heterocycles. The van der Waals surface area contributed by atoms with E-state index in [0.29, 0.717) is 17.5 Å². The van der Waals surface area contributed by atoms with E-state index in [1.807, 2.05) is 11.9 Å². The molecule has 2 atom stereocenters. The molecule has 21 heavy (non-hydrogen) atoms. The molecule has 2 saturated heterocycles. The standard InChI is InChI=1S/C14H22N2O3S2/c1-16-11-8-21(18,19)9-12(11)20-14(16)15-13(17)7-10-5-3-2-4-6-10/h10-12H,2-9H2,1H3/t11-,12+/m0/s1. The third-order valence-electron chi connectivity index (χ3n) is 4.74. The van der Waals surface area contributed by atoms with Gasteiger partial charge in [0.2, 0.25) is 5.91 Å². The third kappa shape index (κ3) is 3.44. The summed E-state index contributed by atoms with van der Waals surface area (Å²) in [4.78, 5) is 18.3. The van der Waals surface area contributed by atoms with Crippen molar-refractivity contribution in [1.82, 2.24) is 4.90 Å². The molecule has 1 amide bonds. The highest BCUT2D eigenvalue weighted by Crippen LogP contribution is 2.37. The van der Waals surface area contributed by atoms with Crippen LogP contribution in [0.1, 0.15) is 38.5 Å². The number of carbonyl (C=O) groups is 1. The lowest BCUT2D eigenvalue weighted by Crippen LogP contribution is -2.34. The van der Waals surface area contributed by atoms with E-state index >= 15 is 0 Å². The highest BCUT2D eigenvalue weighted by Gasteiger charge is 2.47. The second-order valence-electron chi connectivity index (χ2n) is 6.41. The van der Waals surface area contributed by atoms with Crippen LogP contribution in [-0.4, -0.2) is 54.2 Å². The summed E-state index contributed by atoms with van der Waals surface area (Å²) in [5, 5.41) is 0.752. The SMILES string of the molecule is CN1C(=NC(=O)CC2CCCCC2)S[C@@H]2CS(=O)(=O)C[C@@H]21. The lowest BCUT2D eigenvalue weighted by molar-refractivity contribution is -0.118. The number of hydrogen-bond donors (Lipinski definition) is 0. The minimum Gasteiger partial charge on any atom is -0.349 e. The molecule has 3 fully saturated rings. The van der Waals surface area contributed by atoms with E-state index in [4.69, 9.17) is 0 Å². The van der Waals surface area contributed by atoms with Crippen molar-refractivity contribution in [1.29, 1.82) is 0 Å². The molecule has 0 radical (unpaired) electrons. The van der Waals surface area contributed by atoms with Gasteiger partial charge in [-0.25, -0.2) is 8.42 Å². The summed E-state index contributed by atoms with van der Waals surface area (Å²) in [5.41, 5.74) is 0. The Labute approximate surface area is 130 Å². The van der Waals surface area contributed by atoms with Gasteiger partial charge in [-0.3, -0.25) is 4.79 Å². The molecular formula is C14H22N2O3S2. The smallest absolute Gasteiger partial charge is 0.248 e. The molecule has 0 unspecified atom stereocenters. The minimum absolute atomic E-state index is 0.0127. The van der Waals surface area contributed by atoms with E-state index in [1.165, 1.54) is 31.0 Å². The van der Waals surface area contributed by atoms with Crippen molar-refractivity contribution in [2.24, 2.45) is 10.9 Å². The van der Waals surface area contributed by atoms with Gasteiger partial charge < -0.3 is 4.90 Å². The number of amides is 1. The maximum Gasteiger partial charge on any atom is 0.248 e. The van der Waals surface area contributed by atoms with E-state index in [-0.39, 0.29) is 28.7 Å². The van der Waals surface area contributed by atoms with Crippen LogP contribution in [0.5, 0.6) is 0 Å². The quantitative estimate of drug-likeness (QED) is 0.771. The Morgan fingerprint density at radius 1 is 1.29 bits per heavy atom. The third-order valence-corrected chi connectivity index (χ3v) is 8.04. The van der Waals surface area contributed by atoms with E-state index in [1.54, 1.807) is 0 Å². The van der Waals surface area contributed by atoms with Gasteiger partial charge in [-0.15, -0.1) is 0 Å². The van der Waals surface area contributed by atoms with Crippen molar-refractivity contribution in [2.45, 2.75) is 49.8 Å². The Morgan fingerprint density at radius 3 is 2.67 bits per heavy atom. The van der Waals surface area contributed by atoms with E-state index < -0.39 is 9.84 Å². The van der Waals surface area contributed by atoms with Crippen LogP contribution in [-0.2, 0) is 14.6 Å². The van der Waals surface area contributed by atoms with Gasteiger partial charge in [-0.05, 0) is 18.8 Å². The zero-order valence-corrected chi connectivity index (χ0v) is 14.0. The molecule has 0 N–H and O–H groups in total. The zero-order chi connectivity index (χ0) is 15.0. The number of amidine groups is 1. The first-order chi connectivity index (χ1) is 9.94. The van der Waals surface area contributed by atoms with Crippen molar-refractivity contribution >= 4 is 32.7 Å². The average Bonchev–Trinajstić information content (AvgIpc) is 2.85. The Kier molecular flexibility index (Phi) is 4.32. The van der Waals surface area contributed by atoms with Crippen LogP contribution in [0.25, 0.3) is 0 Å². The lowest BCUT2D eigenvalue weighted by Gasteiger charge is -2.20. The van der Waals surface area contributed by atoms with Crippen LogP contribution in [0, 0.1) is 5.92 Å². The molecule has 118 valence electrons. The summed E-state index contributed by atoms with van der Waals surface area (Å²) in [6.45, 7) is 0. The van der Waals surface area contributed by atoms with Crippen molar-refractivity contribution < 1.29 is 13.2 Å². The predicted octanol–water partition coefficient (Wildman–Crippen LogP) is 1.68. The summed E-state index contributed by atoms with van der Waals surface area (Å²) in [7, 11) is -1.06. The largest absolute Gasteiger partial charge is 0.349 e. The zero-order valence-electron chi connectivity index (χ0n) is 12.3. The Hall–Kier alpha value is -0.560. The van der Waals surface area contributed by atoms with Crippen LogP contribution in [0.3, 0.4) is 0 Å². The van der Waals surface area contributed by atoms with Gasteiger partial charge in [0.15, 0.2) is 15.0 Å². The monoisotopic (exact) mass is 330 g/mol. The highest BCUT2D eigenvalue weighted by atomic mass is 32.2. The summed E-state index contributed by atoms with van der Waals surface area (Å²) >= 11 is 1.46. The Balaban J connectivity index is 1.61. The van der Waals surface area contributed by atoms with Crippen LogP contribution >= 0.6 is 11.8 Å². The Morgan fingerprint density at radius 2 is 2.00 bits per heavy atom. The van der Waals surface area contributed by atoms with E-state index in [9.17, 15) is 13.2 Å². The molecule has 0 bridgehead atoms. The molecule has 5 nitrogen and oxygen atoms in total. The van der Waals surface area contributed by atoms with Crippen LogP contribution in [0.2, 0.25) is 0 Å². The van der Waals surface area contributed by atoms with Crippen molar-refractivity contribution in [3.63, 3.8) is 0 Å². The van der Waals surface area contributed by atoms with Crippen LogP contribution < -0.4 is 0 Å². The molecule has 0 aromatic carbocycles.